The fraction of sp³-hybridized carbons (Fsp3) is 0.941. The molecule has 0 aromatic heterocycles. The maximum absolute atomic E-state index is 11.6. The van der Waals surface area contributed by atoms with E-state index in [1.54, 1.807) is 0 Å². The monoisotopic (exact) mass is 254 g/mol. The van der Waals surface area contributed by atoms with Crippen LogP contribution >= 0.6 is 0 Å². The third-order valence-electron chi connectivity index (χ3n) is 3.83. The number of hydrogen-bond donors (Lipinski definition) is 0. The molecule has 1 nitrogen and oxygen atoms in total. The van der Waals surface area contributed by atoms with Gasteiger partial charge in [0.05, 0.1) is 0 Å². The van der Waals surface area contributed by atoms with Crippen LogP contribution in [0.15, 0.2) is 0 Å². The normalized spacial score (nSPS) is 12.6. The topological polar surface area (TPSA) is 17.1 Å². The minimum Gasteiger partial charge on any atom is -0.300 e. The Morgan fingerprint density at radius 1 is 0.833 bits per heavy atom. The third kappa shape index (κ3) is 12.1. The van der Waals surface area contributed by atoms with E-state index in [2.05, 4.69) is 20.8 Å². The average Bonchev–Trinajstić information content (AvgIpc) is 2.36. The van der Waals surface area contributed by atoms with Crippen LogP contribution in [-0.4, -0.2) is 5.78 Å². The van der Waals surface area contributed by atoms with Gasteiger partial charge in [-0.15, -0.1) is 0 Å². The van der Waals surface area contributed by atoms with E-state index in [4.69, 9.17) is 0 Å². The van der Waals surface area contributed by atoms with E-state index in [0.29, 0.717) is 11.7 Å². The van der Waals surface area contributed by atoms with Gasteiger partial charge in [0.1, 0.15) is 5.78 Å². The number of carbonyl (C=O) groups excluding carboxylic acids is 1. The van der Waals surface area contributed by atoms with Crippen LogP contribution in [0.2, 0.25) is 0 Å². The van der Waals surface area contributed by atoms with Crippen molar-refractivity contribution in [2.24, 2.45) is 5.92 Å². The molecule has 0 rings (SSSR count). The highest BCUT2D eigenvalue weighted by Crippen LogP contribution is 2.13. The lowest BCUT2D eigenvalue weighted by atomic mass is 9.98. The van der Waals surface area contributed by atoms with Crippen LogP contribution in [0.4, 0.5) is 0 Å². The predicted molar refractivity (Wildman–Crippen MR) is 80.9 cm³/mol. The molecule has 0 amide bonds. The molecule has 0 aliphatic carbocycles. The molecule has 0 heterocycles. The Labute approximate surface area is 115 Å². The van der Waals surface area contributed by atoms with Gasteiger partial charge in [0.15, 0.2) is 0 Å². The van der Waals surface area contributed by atoms with E-state index in [-0.39, 0.29) is 0 Å². The highest BCUT2D eigenvalue weighted by atomic mass is 16.1. The minimum atomic E-state index is 0.479. The molecule has 18 heavy (non-hydrogen) atoms. The zero-order valence-corrected chi connectivity index (χ0v) is 13.0. The summed E-state index contributed by atoms with van der Waals surface area (Å²) in [4.78, 5) is 11.6. The van der Waals surface area contributed by atoms with Crippen molar-refractivity contribution in [3.05, 3.63) is 0 Å². The molecule has 0 N–H and O–H groups in total. The number of carbonyl (C=O) groups is 1. The molecule has 0 fully saturated rings. The SMILES string of the molecule is CCCCCCCCCCCC(=O)C[C@H](C)CC. The molecule has 0 saturated carbocycles. The number of hydrogen-bond acceptors (Lipinski definition) is 1. The van der Waals surface area contributed by atoms with Crippen molar-refractivity contribution in [1.29, 1.82) is 0 Å². The molecule has 0 radical (unpaired) electrons. The van der Waals surface area contributed by atoms with Crippen molar-refractivity contribution in [2.75, 3.05) is 0 Å². The van der Waals surface area contributed by atoms with E-state index in [9.17, 15) is 4.79 Å². The smallest absolute Gasteiger partial charge is 0.133 e. The zero-order chi connectivity index (χ0) is 13.6. The Kier molecular flexibility index (Phi) is 12.9. The van der Waals surface area contributed by atoms with Gasteiger partial charge in [-0.25, -0.2) is 0 Å². The predicted octanol–water partition coefficient (Wildman–Crippen LogP) is 5.91. The summed E-state index contributed by atoms with van der Waals surface area (Å²) in [5.74, 6) is 1.06. The average molecular weight is 254 g/mol. The number of unbranched alkanes of at least 4 members (excludes halogenated alkanes) is 8. The summed E-state index contributed by atoms with van der Waals surface area (Å²) in [5, 5.41) is 0. The van der Waals surface area contributed by atoms with Crippen LogP contribution in [0.1, 0.15) is 97.8 Å². The van der Waals surface area contributed by atoms with Gasteiger partial charge >= 0.3 is 0 Å². The second-order valence-electron chi connectivity index (χ2n) is 5.83. The van der Waals surface area contributed by atoms with E-state index < -0.39 is 0 Å². The molecule has 0 aliphatic heterocycles. The molecule has 0 aromatic rings. The van der Waals surface area contributed by atoms with Crippen molar-refractivity contribution in [3.8, 4) is 0 Å². The van der Waals surface area contributed by atoms with Gasteiger partial charge in [-0.05, 0) is 12.3 Å². The van der Waals surface area contributed by atoms with Gasteiger partial charge in [0, 0.05) is 12.8 Å². The second-order valence-corrected chi connectivity index (χ2v) is 5.83. The summed E-state index contributed by atoms with van der Waals surface area (Å²) in [6.45, 7) is 6.60. The highest BCUT2D eigenvalue weighted by molar-refractivity contribution is 5.78. The van der Waals surface area contributed by atoms with Gasteiger partial charge in [-0.1, -0.05) is 78.6 Å². The van der Waals surface area contributed by atoms with Crippen molar-refractivity contribution >= 4 is 5.78 Å². The molecular weight excluding hydrogens is 220 g/mol. The van der Waals surface area contributed by atoms with E-state index in [1.807, 2.05) is 0 Å². The molecule has 0 aromatic carbocycles. The van der Waals surface area contributed by atoms with Crippen LogP contribution in [-0.2, 0) is 4.79 Å². The number of Topliss-reactive ketones (excluding diaryl/α,β-unsaturated/α-hetero) is 1. The minimum absolute atomic E-state index is 0.479. The number of ketones is 1. The van der Waals surface area contributed by atoms with Crippen LogP contribution in [0, 0.1) is 5.92 Å². The summed E-state index contributed by atoms with van der Waals surface area (Å²) in [6.07, 6.45) is 14.7. The first kappa shape index (κ1) is 17.7. The first-order valence-electron chi connectivity index (χ1n) is 8.22. The first-order chi connectivity index (χ1) is 8.70. The lowest BCUT2D eigenvalue weighted by Crippen LogP contribution is -2.04. The Hall–Kier alpha value is -0.330. The molecule has 0 unspecified atom stereocenters. The van der Waals surface area contributed by atoms with Gasteiger partial charge in [-0.3, -0.25) is 4.79 Å². The van der Waals surface area contributed by atoms with Crippen molar-refractivity contribution < 1.29 is 4.79 Å². The zero-order valence-electron chi connectivity index (χ0n) is 13.0. The van der Waals surface area contributed by atoms with Gasteiger partial charge < -0.3 is 0 Å². The summed E-state index contributed by atoms with van der Waals surface area (Å²) in [6, 6.07) is 0. The molecule has 0 bridgehead atoms. The fourth-order valence-corrected chi connectivity index (χ4v) is 2.27. The summed E-state index contributed by atoms with van der Waals surface area (Å²) in [7, 11) is 0. The summed E-state index contributed by atoms with van der Waals surface area (Å²) < 4.78 is 0. The first-order valence-corrected chi connectivity index (χ1v) is 8.22. The fourth-order valence-electron chi connectivity index (χ4n) is 2.27. The van der Waals surface area contributed by atoms with Crippen molar-refractivity contribution in [3.63, 3.8) is 0 Å². The number of rotatable bonds is 13. The van der Waals surface area contributed by atoms with E-state index in [0.717, 1.165) is 25.7 Å². The maximum Gasteiger partial charge on any atom is 0.133 e. The van der Waals surface area contributed by atoms with Gasteiger partial charge in [0.2, 0.25) is 0 Å². The third-order valence-corrected chi connectivity index (χ3v) is 3.83. The van der Waals surface area contributed by atoms with Crippen molar-refractivity contribution in [2.45, 2.75) is 97.8 Å². The largest absolute Gasteiger partial charge is 0.300 e. The maximum atomic E-state index is 11.6. The molecule has 0 aliphatic rings. The Morgan fingerprint density at radius 3 is 1.83 bits per heavy atom. The summed E-state index contributed by atoms with van der Waals surface area (Å²) in [5.41, 5.74) is 0. The van der Waals surface area contributed by atoms with E-state index in [1.165, 1.54) is 51.4 Å². The van der Waals surface area contributed by atoms with Crippen LogP contribution in [0.3, 0.4) is 0 Å². The van der Waals surface area contributed by atoms with Gasteiger partial charge in [-0.2, -0.15) is 0 Å². The molecule has 1 heteroatoms. The molecule has 1 atom stereocenters. The van der Waals surface area contributed by atoms with Crippen LogP contribution in [0.25, 0.3) is 0 Å². The lowest BCUT2D eigenvalue weighted by molar-refractivity contribution is -0.120. The molecule has 0 saturated heterocycles. The molecule has 108 valence electrons. The summed E-state index contributed by atoms with van der Waals surface area (Å²) >= 11 is 0. The highest BCUT2D eigenvalue weighted by Gasteiger charge is 2.06. The standard InChI is InChI=1S/C17H34O/c1-4-6-7-8-9-10-11-12-13-14-17(18)15-16(3)5-2/h16H,4-15H2,1-3H3/t16-/m1/s1. The van der Waals surface area contributed by atoms with Crippen LogP contribution in [0.5, 0.6) is 0 Å². The van der Waals surface area contributed by atoms with Crippen LogP contribution < -0.4 is 0 Å². The molecular formula is C17H34O. The Bertz CT molecular complexity index is 186. The Balaban J connectivity index is 3.17. The second kappa shape index (κ2) is 13.1. The lowest BCUT2D eigenvalue weighted by Gasteiger charge is -2.06. The molecule has 0 spiro atoms. The van der Waals surface area contributed by atoms with Crippen molar-refractivity contribution in [1.82, 2.24) is 0 Å². The Morgan fingerprint density at radius 2 is 1.33 bits per heavy atom. The van der Waals surface area contributed by atoms with E-state index >= 15 is 0 Å². The quantitative estimate of drug-likeness (QED) is 0.373. The van der Waals surface area contributed by atoms with Gasteiger partial charge in [0.25, 0.3) is 0 Å².